The van der Waals surface area contributed by atoms with Crippen molar-refractivity contribution in [2.45, 2.75) is 25.9 Å². The van der Waals surface area contributed by atoms with E-state index in [1.807, 2.05) is 17.5 Å². The third-order valence-corrected chi connectivity index (χ3v) is 4.65. The van der Waals surface area contributed by atoms with Crippen LogP contribution in [0.3, 0.4) is 0 Å². The molecule has 2 heterocycles. The highest BCUT2D eigenvalue weighted by atomic mass is 32.1. The van der Waals surface area contributed by atoms with Crippen LogP contribution in [0.1, 0.15) is 23.4 Å². The minimum Gasteiger partial charge on any atom is -0.486 e. The van der Waals surface area contributed by atoms with Crippen LogP contribution in [0.15, 0.2) is 29.6 Å². The van der Waals surface area contributed by atoms with Crippen molar-refractivity contribution in [1.82, 2.24) is 9.97 Å². The summed E-state index contributed by atoms with van der Waals surface area (Å²) in [7, 11) is 0. The maximum atomic E-state index is 5.94. The van der Waals surface area contributed by atoms with Crippen LogP contribution in [0.4, 0.5) is 5.82 Å². The van der Waals surface area contributed by atoms with Crippen molar-refractivity contribution in [3.05, 3.63) is 46.6 Å². The fraction of sp³-hybridized carbons (Fsp3) is 0.250. The molecule has 0 amide bonds. The quantitative estimate of drug-likeness (QED) is 0.805. The van der Waals surface area contributed by atoms with Crippen LogP contribution < -0.4 is 10.5 Å². The van der Waals surface area contributed by atoms with Crippen LogP contribution in [0.2, 0.25) is 0 Å². The van der Waals surface area contributed by atoms with Gasteiger partial charge in [0.15, 0.2) is 5.82 Å². The maximum Gasteiger partial charge on any atom is 0.169 e. The van der Waals surface area contributed by atoms with E-state index >= 15 is 0 Å². The molecular formula is C16H15N3OS. The number of hydrogen-bond donors (Lipinski definition) is 1. The first kappa shape index (κ1) is 12.6. The average Bonchev–Trinajstić information content (AvgIpc) is 3.13. The van der Waals surface area contributed by atoms with Gasteiger partial charge in [-0.3, -0.25) is 0 Å². The summed E-state index contributed by atoms with van der Waals surface area (Å²) in [6, 6.07) is 8.27. The van der Waals surface area contributed by atoms with Gasteiger partial charge in [-0.05, 0) is 54.0 Å². The number of aryl methyl sites for hydroxylation is 2. The number of anilines is 1. The summed E-state index contributed by atoms with van der Waals surface area (Å²) < 4.78 is 5.82. The van der Waals surface area contributed by atoms with Gasteiger partial charge in [0.2, 0.25) is 0 Å². The minimum atomic E-state index is 0.344. The molecule has 0 saturated heterocycles. The molecule has 106 valence electrons. The highest BCUT2D eigenvalue weighted by Gasteiger charge is 2.12. The van der Waals surface area contributed by atoms with Gasteiger partial charge < -0.3 is 10.5 Å². The number of thiophene rings is 1. The molecule has 1 aliphatic rings. The number of nitrogens with zero attached hydrogens (tertiary/aromatic N) is 2. The summed E-state index contributed by atoms with van der Waals surface area (Å²) in [5, 5.41) is 2.89. The van der Waals surface area contributed by atoms with Gasteiger partial charge in [0.25, 0.3) is 0 Å². The molecule has 4 rings (SSSR count). The molecule has 0 spiro atoms. The molecule has 0 unspecified atom stereocenters. The van der Waals surface area contributed by atoms with E-state index in [2.05, 4.69) is 22.1 Å². The first-order valence-corrected chi connectivity index (χ1v) is 7.92. The molecule has 2 N–H and O–H groups in total. The molecule has 3 aromatic rings. The van der Waals surface area contributed by atoms with Crippen molar-refractivity contribution in [2.24, 2.45) is 0 Å². The molecule has 2 aromatic heterocycles. The Labute approximate surface area is 126 Å². The van der Waals surface area contributed by atoms with E-state index in [-0.39, 0.29) is 0 Å². The molecule has 1 aliphatic carbocycles. The highest BCUT2D eigenvalue weighted by Crippen LogP contribution is 2.27. The fourth-order valence-corrected chi connectivity index (χ4v) is 3.57. The predicted molar refractivity (Wildman–Crippen MR) is 84.6 cm³/mol. The Morgan fingerprint density at radius 3 is 3.00 bits per heavy atom. The van der Waals surface area contributed by atoms with Gasteiger partial charge in [-0.15, -0.1) is 11.3 Å². The molecule has 5 heteroatoms. The molecule has 0 bridgehead atoms. The van der Waals surface area contributed by atoms with Crippen LogP contribution in [0, 0.1) is 0 Å². The lowest BCUT2D eigenvalue weighted by Crippen LogP contribution is -2.04. The Bertz CT molecular complexity index is 812. The van der Waals surface area contributed by atoms with Crippen molar-refractivity contribution in [3.8, 4) is 5.75 Å². The summed E-state index contributed by atoms with van der Waals surface area (Å²) in [6.07, 6.45) is 3.58. The number of fused-ring (bicyclic) bond motifs is 2. The third-order valence-electron chi connectivity index (χ3n) is 3.84. The molecule has 0 fully saturated rings. The lowest BCUT2D eigenvalue weighted by molar-refractivity contribution is 0.296. The zero-order chi connectivity index (χ0) is 14.2. The summed E-state index contributed by atoms with van der Waals surface area (Å²) in [4.78, 5) is 9.71. The number of nitrogen functional groups attached to an aromatic ring is 1. The van der Waals surface area contributed by atoms with Crippen molar-refractivity contribution in [2.75, 3.05) is 5.73 Å². The Balaban J connectivity index is 1.55. The second-order valence-corrected chi connectivity index (χ2v) is 6.13. The van der Waals surface area contributed by atoms with Gasteiger partial charge in [0.05, 0.1) is 5.39 Å². The topological polar surface area (TPSA) is 61.0 Å². The molecule has 0 radical (unpaired) electrons. The molecule has 21 heavy (non-hydrogen) atoms. The molecule has 0 aliphatic heterocycles. The lowest BCUT2D eigenvalue weighted by Gasteiger charge is -2.08. The number of rotatable bonds is 3. The summed E-state index contributed by atoms with van der Waals surface area (Å²) in [5.74, 6) is 2.03. The third kappa shape index (κ3) is 2.34. The second-order valence-electron chi connectivity index (χ2n) is 5.24. The van der Waals surface area contributed by atoms with Gasteiger partial charge in [-0.2, -0.15) is 0 Å². The lowest BCUT2D eigenvalue weighted by atomic mass is 10.1. The molecular weight excluding hydrogens is 282 g/mol. The van der Waals surface area contributed by atoms with Gasteiger partial charge in [0.1, 0.15) is 23.0 Å². The number of hydrogen-bond acceptors (Lipinski definition) is 5. The zero-order valence-electron chi connectivity index (χ0n) is 11.5. The van der Waals surface area contributed by atoms with E-state index in [0.717, 1.165) is 22.4 Å². The van der Waals surface area contributed by atoms with E-state index < -0.39 is 0 Å². The van der Waals surface area contributed by atoms with E-state index in [1.54, 1.807) is 11.3 Å². The van der Waals surface area contributed by atoms with Gasteiger partial charge in [0, 0.05) is 0 Å². The first-order chi connectivity index (χ1) is 10.3. The molecule has 0 atom stereocenters. The average molecular weight is 297 g/mol. The van der Waals surface area contributed by atoms with Crippen LogP contribution in [-0.4, -0.2) is 9.97 Å². The Morgan fingerprint density at radius 2 is 2.05 bits per heavy atom. The van der Waals surface area contributed by atoms with Crippen LogP contribution in [-0.2, 0) is 19.4 Å². The number of nitrogens with two attached hydrogens (primary N) is 1. The van der Waals surface area contributed by atoms with Gasteiger partial charge in [-0.1, -0.05) is 6.07 Å². The largest absolute Gasteiger partial charge is 0.486 e. The Hall–Kier alpha value is -2.14. The van der Waals surface area contributed by atoms with Crippen molar-refractivity contribution >= 4 is 27.4 Å². The van der Waals surface area contributed by atoms with Crippen molar-refractivity contribution in [1.29, 1.82) is 0 Å². The number of benzene rings is 1. The molecule has 4 nitrogen and oxygen atoms in total. The number of ether oxygens (including phenoxy) is 1. The standard InChI is InChI=1S/C16H15N3OS/c17-15-13-6-7-21-16(13)19-14(18-15)9-20-12-5-4-10-2-1-3-11(10)8-12/h4-8H,1-3,9H2,(H2,17,18,19). The highest BCUT2D eigenvalue weighted by molar-refractivity contribution is 7.16. The number of aromatic nitrogens is 2. The van der Waals surface area contributed by atoms with Gasteiger partial charge in [-0.25, -0.2) is 9.97 Å². The summed E-state index contributed by atoms with van der Waals surface area (Å²) in [5.41, 5.74) is 8.80. The van der Waals surface area contributed by atoms with Crippen molar-refractivity contribution in [3.63, 3.8) is 0 Å². The Kier molecular flexibility index (Phi) is 3.00. The van der Waals surface area contributed by atoms with Crippen LogP contribution in [0.25, 0.3) is 10.2 Å². The molecule has 1 aromatic carbocycles. The minimum absolute atomic E-state index is 0.344. The second kappa shape index (κ2) is 5.00. The van der Waals surface area contributed by atoms with Gasteiger partial charge >= 0.3 is 0 Å². The monoisotopic (exact) mass is 297 g/mol. The molecule has 0 saturated carbocycles. The summed E-state index contributed by atoms with van der Waals surface area (Å²) in [6.45, 7) is 0.344. The first-order valence-electron chi connectivity index (χ1n) is 7.04. The summed E-state index contributed by atoms with van der Waals surface area (Å²) >= 11 is 1.57. The van der Waals surface area contributed by atoms with E-state index in [9.17, 15) is 0 Å². The fourth-order valence-electron chi connectivity index (χ4n) is 2.77. The Morgan fingerprint density at radius 1 is 1.14 bits per heavy atom. The van der Waals surface area contributed by atoms with Crippen LogP contribution >= 0.6 is 11.3 Å². The smallest absolute Gasteiger partial charge is 0.169 e. The normalized spacial score (nSPS) is 13.5. The van der Waals surface area contributed by atoms with E-state index in [0.29, 0.717) is 18.2 Å². The van der Waals surface area contributed by atoms with Crippen LogP contribution in [0.5, 0.6) is 5.75 Å². The van der Waals surface area contributed by atoms with E-state index in [4.69, 9.17) is 10.5 Å². The predicted octanol–water partition coefficient (Wildman–Crippen LogP) is 3.34. The van der Waals surface area contributed by atoms with Crippen molar-refractivity contribution < 1.29 is 4.74 Å². The van der Waals surface area contributed by atoms with E-state index in [1.165, 1.54) is 24.0 Å². The SMILES string of the molecule is Nc1nc(COc2ccc3c(c2)CCC3)nc2sccc12. The zero-order valence-corrected chi connectivity index (χ0v) is 12.3. The maximum absolute atomic E-state index is 5.94.